The van der Waals surface area contributed by atoms with Crippen molar-refractivity contribution in [3.63, 3.8) is 0 Å². The molecule has 6 nitrogen and oxygen atoms in total. The molecule has 34 heavy (non-hydrogen) atoms. The molecule has 0 saturated carbocycles. The first-order valence-electron chi connectivity index (χ1n) is 11.2. The van der Waals surface area contributed by atoms with E-state index in [2.05, 4.69) is 15.2 Å². The first-order valence-corrected chi connectivity index (χ1v) is 11.2. The van der Waals surface area contributed by atoms with Crippen LogP contribution in [0.4, 0.5) is 14.5 Å². The van der Waals surface area contributed by atoms with E-state index in [9.17, 15) is 8.78 Å². The van der Waals surface area contributed by atoms with Gasteiger partial charge < -0.3 is 24.4 Å². The first-order chi connectivity index (χ1) is 16.5. The maximum atomic E-state index is 14.1. The first kappa shape index (κ1) is 23.8. The van der Waals surface area contributed by atoms with Gasteiger partial charge in [0.25, 0.3) is 0 Å². The Balaban J connectivity index is 1.68. The van der Waals surface area contributed by atoms with Crippen molar-refractivity contribution in [2.24, 2.45) is 0 Å². The molecule has 1 aliphatic heterocycles. The molecule has 2 heterocycles. The summed E-state index contributed by atoms with van der Waals surface area (Å²) in [5.41, 5.74) is 3.36. The number of halogens is 2. The van der Waals surface area contributed by atoms with Crippen LogP contribution in [-0.4, -0.2) is 45.4 Å². The minimum Gasteiger partial charge on any atom is -0.493 e. The van der Waals surface area contributed by atoms with Crippen molar-refractivity contribution < 1.29 is 23.0 Å². The normalized spacial score (nSPS) is 14.0. The van der Waals surface area contributed by atoms with E-state index < -0.39 is 11.6 Å². The number of pyridine rings is 1. The number of hydrogen-bond acceptors (Lipinski definition) is 6. The summed E-state index contributed by atoms with van der Waals surface area (Å²) >= 11 is 0. The molecule has 0 unspecified atom stereocenters. The largest absolute Gasteiger partial charge is 0.493 e. The third-order valence-corrected chi connectivity index (χ3v) is 6.13. The molecule has 1 N–H and O–H groups in total. The summed E-state index contributed by atoms with van der Waals surface area (Å²) in [5, 5.41) is 3.36. The van der Waals surface area contributed by atoms with Gasteiger partial charge in [-0.1, -0.05) is 0 Å². The van der Waals surface area contributed by atoms with Gasteiger partial charge in [-0.15, -0.1) is 0 Å². The lowest BCUT2D eigenvalue weighted by Crippen LogP contribution is -2.43. The summed E-state index contributed by atoms with van der Waals surface area (Å²) in [6.45, 7) is 2.28. The maximum absolute atomic E-state index is 14.1. The highest BCUT2D eigenvalue weighted by molar-refractivity contribution is 5.71. The predicted molar refractivity (Wildman–Crippen MR) is 128 cm³/mol. The molecule has 0 atom stereocenters. The molecule has 180 valence electrons. The zero-order valence-corrected chi connectivity index (χ0v) is 19.6. The summed E-state index contributed by atoms with van der Waals surface area (Å²) in [7, 11) is 4.72. The van der Waals surface area contributed by atoms with Gasteiger partial charge in [0.05, 0.1) is 21.3 Å². The fourth-order valence-electron chi connectivity index (χ4n) is 4.39. The fourth-order valence-corrected chi connectivity index (χ4v) is 4.39. The van der Waals surface area contributed by atoms with Gasteiger partial charge in [-0.3, -0.25) is 4.98 Å². The summed E-state index contributed by atoms with van der Waals surface area (Å²) in [6, 6.07) is 10.1. The summed E-state index contributed by atoms with van der Waals surface area (Å²) in [5.74, 6) is -0.0603. The van der Waals surface area contributed by atoms with Gasteiger partial charge >= 0.3 is 0 Å². The number of piperidine rings is 1. The molecular formula is C26H29F2N3O3. The smallest absolute Gasteiger partial charge is 0.203 e. The lowest BCUT2D eigenvalue weighted by molar-refractivity contribution is 0.324. The Morgan fingerprint density at radius 3 is 2.21 bits per heavy atom. The van der Waals surface area contributed by atoms with Gasteiger partial charge in [0.2, 0.25) is 5.75 Å². The van der Waals surface area contributed by atoms with Crippen molar-refractivity contribution >= 4 is 5.69 Å². The number of nitrogens with zero attached hydrogens (tertiary/aromatic N) is 2. The van der Waals surface area contributed by atoms with E-state index in [4.69, 9.17) is 14.2 Å². The van der Waals surface area contributed by atoms with Crippen molar-refractivity contribution in [2.45, 2.75) is 25.4 Å². The highest BCUT2D eigenvalue weighted by Crippen LogP contribution is 2.41. The van der Waals surface area contributed by atoms with Crippen LogP contribution in [0, 0.1) is 11.6 Å². The molecule has 8 heteroatoms. The van der Waals surface area contributed by atoms with Crippen LogP contribution >= 0.6 is 0 Å². The molecular weight excluding hydrogens is 440 g/mol. The summed E-state index contributed by atoms with van der Waals surface area (Å²) in [6.07, 6.45) is 5.41. The van der Waals surface area contributed by atoms with Crippen LogP contribution in [0.3, 0.4) is 0 Å². The van der Waals surface area contributed by atoms with E-state index in [1.54, 1.807) is 39.8 Å². The lowest BCUT2D eigenvalue weighted by Gasteiger charge is -2.36. The van der Waals surface area contributed by atoms with Crippen LogP contribution in [0.15, 0.2) is 48.8 Å². The molecule has 0 bridgehead atoms. The predicted octanol–water partition coefficient (Wildman–Crippen LogP) is 4.81. The number of ether oxygens (including phenoxy) is 3. The Labute approximate surface area is 198 Å². The van der Waals surface area contributed by atoms with Gasteiger partial charge in [-0.05, 0) is 67.4 Å². The summed E-state index contributed by atoms with van der Waals surface area (Å²) < 4.78 is 44.1. The van der Waals surface area contributed by atoms with Crippen LogP contribution in [0.2, 0.25) is 0 Å². The molecule has 1 aromatic heterocycles. The van der Waals surface area contributed by atoms with E-state index in [-0.39, 0.29) is 6.04 Å². The number of aromatic nitrogens is 1. The molecule has 0 radical (unpaired) electrons. The van der Waals surface area contributed by atoms with E-state index in [1.165, 1.54) is 12.1 Å². The molecule has 2 aromatic carbocycles. The molecule has 1 saturated heterocycles. The monoisotopic (exact) mass is 469 g/mol. The van der Waals surface area contributed by atoms with Crippen LogP contribution in [0.25, 0.3) is 11.1 Å². The average molecular weight is 470 g/mol. The molecule has 0 spiro atoms. The molecule has 1 aliphatic rings. The van der Waals surface area contributed by atoms with Crippen LogP contribution < -0.4 is 24.4 Å². The third-order valence-electron chi connectivity index (χ3n) is 6.13. The zero-order chi connectivity index (χ0) is 24.1. The van der Waals surface area contributed by atoms with Gasteiger partial charge in [-0.2, -0.15) is 0 Å². The van der Waals surface area contributed by atoms with E-state index in [1.807, 2.05) is 18.2 Å². The van der Waals surface area contributed by atoms with E-state index >= 15 is 0 Å². The molecule has 0 amide bonds. The number of benzene rings is 2. The summed E-state index contributed by atoms with van der Waals surface area (Å²) in [4.78, 5) is 6.59. The maximum Gasteiger partial charge on any atom is 0.203 e. The minimum absolute atomic E-state index is 0.205. The second-order valence-corrected chi connectivity index (χ2v) is 8.20. The van der Waals surface area contributed by atoms with Crippen molar-refractivity contribution in [2.75, 3.05) is 39.3 Å². The Hall–Kier alpha value is -3.39. The van der Waals surface area contributed by atoms with Gasteiger partial charge in [0.15, 0.2) is 23.1 Å². The van der Waals surface area contributed by atoms with Crippen LogP contribution in [-0.2, 0) is 6.54 Å². The number of rotatable bonds is 8. The van der Waals surface area contributed by atoms with Crippen molar-refractivity contribution in [3.8, 4) is 28.4 Å². The highest BCUT2D eigenvalue weighted by Gasteiger charge is 2.23. The standard InChI is InChI=1S/C26H29F2N3O3/c1-32-24-11-18(12-25(33-2)26(24)34-3)19-10-17(14-30-15-19)16-31(20-6-8-29-9-7-20)21-4-5-22(27)23(28)13-21/h4-5,10-15,20,29H,6-9,16H2,1-3H3. The topological polar surface area (TPSA) is 55.9 Å². The SMILES string of the molecule is COc1cc(-c2cncc(CN(c3ccc(F)c(F)c3)C3CCNCC3)c2)cc(OC)c1OC. The quantitative estimate of drug-likeness (QED) is 0.511. The van der Waals surface area contributed by atoms with E-state index in [0.717, 1.165) is 42.6 Å². The van der Waals surface area contributed by atoms with Gasteiger partial charge in [-0.25, -0.2) is 8.78 Å². The zero-order valence-electron chi connectivity index (χ0n) is 19.6. The van der Waals surface area contributed by atoms with Crippen molar-refractivity contribution in [3.05, 3.63) is 66.0 Å². The second-order valence-electron chi connectivity index (χ2n) is 8.20. The van der Waals surface area contributed by atoms with Gasteiger partial charge in [0.1, 0.15) is 0 Å². The van der Waals surface area contributed by atoms with E-state index in [0.29, 0.717) is 29.5 Å². The number of methoxy groups -OCH3 is 3. The minimum atomic E-state index is -0.847. The Kier molecular flexibility index (Phi) is 7.47. The molecule has 3 aromatic rings. The Morgan fingerprint density at radius 1 is 0.882 bits per heavy atom. The van der Waals surface area contributed by atoms with Crippen molar-refractivity contribution in [1.82, 2.24) is 10.3 Å². The Bertz CT molecular complexity index is 1110. The number of hydrogen-bond donors (Lipinski definition) is 1. The highest BCUT2D eigenvalue weighted by atomic mass is 19.2. The Morgan fingerprint density at radius 2 is 1.59 bits per heavy atom. The number of anilines is 1. The molecule has 4 rings (SSSR count). The third kappa shape index (κ3) is 5.07. The van der Waals surface area contributed by atoms with Crippen LogP contribution in [0.1, 0.15) is 18.4 Å². The average Bonchev–Trinajstić information content (AvgIpc) is 2.88. The van der Waals surface area contributed by atoms with Crippen molar-refractivity contribution in [1.29, 1.82) is 0 Å². The van der Waals surface area contributed by atoms with Gasteiger partial charge in [0, 0.05) is 42.3 Å². The number of nitrogens with one attached hydrogen (secondary N) is 1. The molecule has 0 aliphatic carbocycles. The fraction of sp³-hybridized carbons (Fsp3) is 0.346. The molecule has 1 fully saturated rings. The lowest BCUT2D eigenvalue weighted by atomic mass is 10.0. The second kappa shape index (κ2) is 10.7. The van der Waals surface area contributed by atoms with Crippen LogP contribution in [0.5, 0.6) is 17.2 Å².